The van der Waals surface area contributed by atoms with Crippen molar-refractivity contribution in [3.05, 3.63) is 29.1 Å². The van der Waals surface area contributed by atoms with Gasteiger partial charge in [-0.15, -0.1) is 0 Å². The molecule has 0 N–H and O–H groups in total. The zero-order valence-electron chi connectivity index (χ0n) is 8.61. The molecule has 2 rings (SSSR count). The molecule has 4 heteroatoms. The van der Waals surface area contributed by atoms with Crippen LogP contribution in [0.25, 0.3) is 5.65 Å². The van der Waals surface area contributed by atoms with Gasteiger partial charge in [0.2, 0.25) is 0 Å². The normalized spacial score (nSPS) is 10.8. The second kappa shape index (κ2) is 4.66. The lowest BCUT2D eigenvalue weighted by Crippen LogP contribution is -1.98. The maximum Gasteiger partial charge on any atom is 0.180 e. The molecule has 0 aliphatic carbocycles. The molecule has 2 aromatic rings. The number of unbranched alkanes of at least 4 members (excludes halogenated alkanes) is 1. The van der Waals surface area contributed by atoms with E-state index < -0.39 is 0 Å². The molecule has 80 valence electrons. The van der Waals surface area contributed by atoms with E-state index in [1.54, 1.807) is 6.20 Å². The van der Waals surface area contributed by atoms with Crippen LogP contribution in [0.3, 0.4) is 0 Å². The number of hydrogen-bond acceptors (Lipinski definition) is 2. The van der Waals surface area contributed by atoms with Gasteiger partial charge in [-0.05, 0) is 34.5 Å². The first-order valence-corrected chi connectivity index (χ1v) is 5.86. The lowest BCUT2D eigenvalue weighted by Gasteiger charge is -2.06. The minimum Gasteiger partial charge on any atom is -0.490 e. The van der Waals surface area contributed by atoms with E-state index >= 15 is 0 Å². The molecular formula is C11H13BrN2O. The number of imidazole rings is 1. The molecule has 0 fully saturated rings. The molecule has 3 nitrogen and oxygen atoms in total. The summed E-state index contributed by atoms with van der Waals surface area (Å²) in [5, 5.41) is 0. The van der Waals surface area contributed by atoms with Crippen molar-refractivity contribution in [3.63, 3.8) is 0 Å². The van der Waals surface area contributed by atoms with Gasteiger partial charge in [0.05, 0.1) is 12.8 Å². The van der Waals surface area contributed by atoms with Crippen LogP contribution in [0.1, 0.15) is 19.8 Å². The fraction of sp³-hybridized carbons (Fsp3) is 0.364. The smallest absolute Gasteiger partial charge is 0.180 e. The Morgan fingerprint density at radius 2 is 2.40 bits per heavy atom. The summed E-state index contributed by atoms with van der Waals surface area (Å²) in [7, 11) is 0. The Hall–Kier alpha value is -1.03. The molecule has 15 heavy (non-hydrogen) atoms. The molecule has 0 aromatic carbocycles. The van der Waals surface area contributed by atoms with Gasteiger partial charge in [0.1, 0.15) is 4.60 Å². The largest absolute Gasteiger partial charge is 0.490 e. The Bertz CT molecular complexity index is 453. The van der Waals surface area contributed by atoms with Crippen molar-refractivity contribution in [3.8, 4) is 5.75 Å². The molecule has 2 heterocycles. The van der Waals surface area contributed by atoms with Crippen LogP contribution in [0.5, 0.6) is 5.75 Å². The standard InChI is InChI=1S/C11H13BrN2O/c1-2-3-7-15-9-5-4-6-14-10(12)8-13-11(9)14/h4-6,8H,2-3,7H2,1H3. The first kappa shape index (κ1) is 10.5. The van der Waals surface area contributed by atoms with E-state index in [0.717, 1.165) is 35.4 Å². The molecule has 0 bridgehead atoms. The van der Waals surface area contributed by atoms with Gasteiger partial charge in [-0.2, -0.15) is 0 Å². The number of halogens is 1. The van der Waals surface area contributed by atoms with E-state index in [1.807, 2.05) is 22.7 Å². The molecule has 0 aliphatic heterocycles. The maximum absolute atomic E-state index is 5.67. The van der Waals surface area contributed by atoms with Crippen LogP contribution in [0, 0.1) is 0 Å². The lowest BCUT2D eigenvalue weighted by atomic mass is 10.3. The van der Waals surface area contributed by atoms with Gasteiger partial charge < -0.3 is 4.74 Å². The average molecular weight is 269 g/mol. The summed E-state index contributed by atoms with van der Waals surface area (Å²) in [4.78, 5) is 4.29. The number of aromatic nitrogens is 2. The second-order valence-electron chi connectivity index (χ2n) is 3.35. The summed E-state index contributed by atoms with van der Waals surface area (Å²) >= 11 is 3.43. The third-order valence-electron chi connectivity index (χ3n) is 2.21. The molecule has 0 saturated carbocycles. The van der Waals surface area contributed by atoms with Gasteiger partial charge in [-0.1, -0.05) is 13.3 Å². The van der Waals surface area contributed by atoms with Crippen LogP contribution in [0.2, 0.25) is 0 Å². The number of ether oxygens (including phenoxy) is 1. The highest BCUT2D eigenvalue weighted by Crippen LogP contribution is 2.22. The minimum atomic E-state index is 0.751. The predicted molar refractivity (Wildman–Crippen MR) is 63.3 cm³/mol. The molecular weight excluding hydrogens is 256 g/mol. The van der Waals surface area contributed by atoms with E-state index in [0.29, 0.717) is 0 Å². The number of nitrogens with zero attached hydrogens (tertiary/aromatic N) is 2. The van der Waals surface area contributed by atoms with E-state index in [1.165, 1.54) is 0 Å². The van der Waals surface area contributed by atoms with Crippen LogP contribution < -0.4 is 4.74 Å². The SMILES string of the molecule is CCCCOc1cccn2c(Br)cnc12. The van der Waals surface area contributed by atoms with Crippen molar-refractivity contribution in [1.82, 2.24) is 9.38 Å². The van der Waals surface area contributed by atoms with Crippen LogP contribution in [-0.2, 0) is 0 Å². The first-order valence-electron chi connectivity index (χ1n) is 5.07. The number of rotatable bonds is 4. The van der Waals surface area contributed by atoms with Gasteiger partial charge in [0, 0.05) is 6.20 Å². The van der Waals surface area contributed by atoms with Crippen molar-refractivity contribution >= 4 is 21.6 Å². The minimum absolute atomic E-state index is 0.751. The van der Waals surface area contributed by atoms with Crippen LogP contribution in [0.4, 0.5) is 0 Å². The van der Waals surface area contributed by atoms with E-state index in [4.69, 9.17) is 4.74 Å². The summed E-state index contributed by atoms with van der Waals surface area (Å²) in [5.41, 5.74) is 0.862. The summed E-state index contributed by atoms with van der Waals surface area (Å²) < 4.78 is 8.57. The van der Waals surface area contributed by atoms with Crippen LogP contribution in [0.15, 0.2) is 29.1 Å². The molecule has 0 unspecified atom stereocenters. The van der Waals surface area contributed by atoms with Crippen molar-refractivity contribution in [1.29, 1.82) is 0 Å². The average Bonchev–Trinajstić information content (AvgIpc) is 2.62. The zero-order valence-corrected chi connectivity index (χ0v) is 10.2. The van der Waals surface area contributed by atoms with Crippen LogP contribution >= 0.6 is 15.9 Å². The number of hydrogen-bond donors (Lipinski definition) is 0. The highest BCUT2D eigenvalue weighted by atomic mass is 79.9. The summed E-state index contributed by atoms with van der Waals surface area (Å²) in [6, 6.07) is 3.91. The van der Waals surface area contributed by atoms with Gasteiger partial charge in [-0.25, -0.2) is 4.98 Å². The summed E-state index contributed by atoms with van der Waals surface area (Å²) in [6.07, 6.45) is 5.95. The lowest BCUT2D eigenvalue weighted by molar-refractivity contribution is 0.311. The van der Waals surface area contributed by atoms with Gasteiger partial charge in [-0.3, -0.25) is 4.40 Å². The highest BCUT2D eigenvalue weighted by molar-refractivity contribution is 9.10. The molecule has 2 aromatic heterocycles. The van der Waals surface area contributed by atoms with Crippen molar-refractivity contribution in [2.45, 2.75) is 19.8 Å². The molecule has 0 radical (unpaired) electrons. The highest BCUT2D eigenvalue weighted by Gasteiger charge is 2.05. The Morgan fingerprint density at radius 3 is 3.20 bits per heavy atom. The number of pyridine rings is 1. The van der Waals surface area contributed by atoms with E-state index in [-0.39, 0.29) is 0 Å². The van der Waals surface area contributed by atoms with E-state index in [9.17, 15) is 0 Å². The molecule has 0 spiro atoms. The molecule has 0 amide bonds. The quantitative estimate of drug-likeness (QED) is 0.796. The Morgan fingerprint density at radius 1 is 1.53 bits per heavy atom. The molecule has 0 aliphatic rings. The van der Waals surface area contributed by atoms with Crippen molar-refractivity contribution < 1.29 is 4.74 Å². The van der Waals surface area contributed by atoms with E-state index in [2.05, 4.69) is 27.8 Å². The third-order valence-corrected chi connectivity index (χ3v) is 2.80. The fourth-order valence-corrected chi connectivity index (χ4v) is 1.78. The molecule has 0 saturated heterocycles. The fourth-order valence-electron chi connectivity index (χ4n) is 1.39. The van der Waals surface area contributed by atoms with Gasteiger partial charge >= 0.3 is 0 Å². The Balaban J connectivity index is 2.26. The second-order valence-corrected chi connectivity index (χ2v) is 4.16. The Kier molecular flexibility index (Phi) is 3.26. The first-order chi connectivity index (χ1) is 7.33. The van der Waals surface area contributed by atoms with Crippen LogP contribution in [-0.4, -0.2) is 16.0 Å². The Labute approximate surface area is 97.2 Å². The monoisotopic (exact) mass is 268 g/mol. The van der Waals surface area contributed by atoms with Gasteiger partial charge in [0.15, 0.2) is 11.4 Å². The predicted octanol–water partition coefficient (Wildman–Crippen LogP) is 3.28. The van der Waals surface area contributed by atoms with Crippen molar-refractivity contribution in [2.75, 3.05) is 6.61 Å². The van der Waals surface area contributed by atoms with Crippen molar-refractivity contribution in [2.24, 2.45) is 0 Å². The number of fused-ring (bicyclic) bond motifs is 1. The summed E-state index contributed by atoms with van der Waals surface area (Å²) in [6.45, 7) is 2.90. The summed E-state index contributed by atoms with van der Waals surface area (Å²) in [5.74, 6) is 0.844. The maximum atomic E-state index is 5.67. The van der Waals surface area contributed by atoms with Gasteiger partial charge in [0.25, 0.3) is 0 Å². The third kappa shape index (κ3) is 2.15. The molecule has 0 atom stereocenters. The zero-order chi connectivity index (χ0) is 10.7. The topological polar surface area (TPSA) is 26.5 Å².